The number of carboxylic acid groups (broad SMARTS) is 6. The van der Waals surface area contributed by atoms with Gasteiger partial charge >= 0.3 is 80.2 Å². The summed E-state index contributed by atoms with van der Waals surface area (Å²) in [5.41, 5.74) is 29.2. The van der Waals surface area contributed by atoms with Crippen molar-refractivity contribution >= 4 is 59.7 Å². The number of nitrogens with zero attached hydrogens (tertiary/aromatic N) is 4. The summed E-state index contributed by atoms with van der Waals surface area (Å²) in [5.74, 6) is -10.7. The number of aliphatic carboxylic acids is 6. The second-order valence-electron chi connectivity index (χ2n) is 6.64. The van der Waals surface area contributed by atoms with Crippen LogP contribution in [0.15, 0.2) is 9.98 Å². The minimum Gasteiger partial charge on any atom is -0.832 e. The number of carbonyl (C=O) groups excluding carboxylic acids is 6. The molecule has 60 heavy (non-hydrogen) atoms. The molecule has 0 aliphatic carbocycles. The second kappa shape index (κ2) is 67.8. The molecule has 0 aromatic rings. The molecule has 0 aliphatic heterocycles. The number of hydrogen-bond acceptors (Lipinski definition) is 22. The van der Waals surface area contributed by atoms with Gasteiger partial charge in [0.25, 0.3) is 0 Å². The number of nitrogens with one attached hydrogen (secondary N) is 4. The zero-order valence-electron chi connectivity index (χ0n) is 28.8. The van der Waals surface area contributed by atoms with Crippen molar-refractivity contribution in [2.24, 2.45) is 44.4 Å². The topological polar surface area (TPSA) is 844 Å². The maximum Gasteiger partial charge on any atom is 2.00 e. The molecule has 0 spiro atoms. The van der Waals surface area contributed by atoms with E-state index in [4.69, 9.17) is 65.0 Å². The molecule has 0 aromatic carbocycles. The summed E-state index contributed by atoms with van der Waals surface area (Å²) >= 11 is 0. The Hall–Kier alpha value is -5.94. The smallest absolute Gasteiger partial charge is 0.832 e. The molecule has 0 fully saturated rings. The van der Waals surface area contributed by atoms with Crippen molar-refractivity contribution in [2.45, 2.75) is 12.5 Å². The third-order valence-electron chi connectivity index (χ3n) is 2.62. The van der Waals surface area contributed by atoms with Gasteiger partial charge in [0.1, 0.15) is 13.1 Å². The molecular weight excluding hydrogens is 1060 g/mol. The second-order valence-corrected chi connectivity index (χ2v) is 6.64. The molecule has 0 heterocycles. The van der Waals surface area contributed by atoms with Crippen molar-refractivity contribution < 1.29 is 191 Å². The number of rotatable bonds is 12. The first kappa shape index (κ1) is 105. The Labute approximate surface area is 373 Å². The van der Waals surface area contributed by atoms with Crippen LogP contribution in [0, 0.1) is 30.6 Å². The van der Waals surface area contributed by atoms with Gasteiger partial charge in [-0.1, -0.05) is 0 Å². The van der Waals surface area contributed by atoms with Crippen molar-refractivity contribution in [1.29, 1.82) is 0 Å². The molecule has 30 N–H and O–H groups in total. The standard InChI is InChI=1S/2C5H8N3O5.2C3H7N3O2.4Cu.2NO3.6H2O/c2*6-5(7-1-2(9)10)8-3(11)4(12)13;2*4-3(5)6-1-2(7)8;;;;;2*2-1(3)4;;;;;;/h2*3H,1H2,(H,9,10)(H,12,13)(H3,6,7,8);2*1H2,(H,7,8)(H4,4,5,6);;;;;;;6*1H2/q2*-1;;;4*+2;2*-1;;;;;;/p-2/t2*3-;;;;;;;;;;;;;;/m10............../s1. The van der Waals surface area contributed by atoms with Gasteiger partial charge in [-0.15, -0.1) is 0 Å². The van der Waals surface area contributed by atoms with E-state index in [0.717, 1.165) is 0 Å². The van der Waals surface area contributed by atoms with Crippen molar-refractivity contribution in [1.82, 2.24) is 10.6 Å². The number of carbonyl (C=O) groups is 6. The molecule has 4 radical (unpaired) electrons. The number of hydrogen-bond donors (Lipinski definition) is 10. The Morgan fingerprint density at radius 1 is 0.500 bits per heavy atom. The van der Waals surface area contributed by atoms with Crippen molar-refractivity contribution in [3.05, 3.63) is 30.6 Å². The Morgan fingerprint density at radius 2 is 0.683 bits per heavy atom. The fourth-order valence-electron chi connectivity index (χ4n) is 1.13. The van der Waals surface area contributed by atoms with E-state index in [1.165, 1.54) is 0 Å². The minimum atomic E-state index is -2.27. The van der Waals surface area contributed by atoms with Crippen molar-refractivity contribution in [3.63, 3.8) is 0 Å². The van der Waals surface area contributed by atoms with E-state index in [1.54, 1.807) is 10.6 Å². The fraction of sp³-hybridized carbons (Fsp3) is 0.375. The van der Waals surface area contributed by atoms with Gasteiger partial charge in [-0.2, -0.15) is 0 Å². The zero-order chi connectivity index (χ0) is 41.2. The summed E-state index contributed by atoms with van der Waals surface area (Å²) in [6, 6.07) is 0. The van der Waals surface area contributed by atoms with Crippen LogP contribution in [0.5, 0.6) is 0 Å². The first-order chi connectivity index (χ1) is 22.6. The Morgan fingerprint density at radius 3 is 0.783 bits per heavy atom. The van der Waals surface area contributed by atoms with E-state index in [-0.39, 0.29) is 126 Å². The molecule has 0 aromatic heterocycles. The Bertz CT molecular complexity index is 1140. The van der Waals surface area contributed by atoms with Crippen molar-refractivity contribution in [2.75, 3.05) is 26.2 Å². The minimum absolute atomic E-state index is 0. The van der Waals surface area contributed by atoms with E-state index in [0.29, 0.717) is 0 Å². The quantitative estimate of drug-likeness (QED) is 0.0165. The van der Waals surface area contributed by atoms with E-state index in [1.807, 2.05) is 0 Å². The average Bonchev–Trinajstić information content (AvgIpc) is 2.93. The van der Waals surface area contributed by atoms with E-state index in [9.17, 15) is 69.6 Å². The van der Waals surface area contributed by atoms with Crippen LogP contribution >= 0.6 is 0 Å². The van der Waals surface area contributed by atoms with Crippen LogP contribution in [0.2, 0.25) is 0 Å². The monoisotopic (exact) mass is 1100 g/mol. The zero-order valence-corrected chi connectivity index (χ0v) is 32.5. The molecule has 0 aliphatic rings. The van der Waals surface area contributed by atoms with Gasteiger partial charge in [-0.25, -0.2) is 9.98 Å². The summed E-state index contributed by atoms with van der Waals surface area (Å²) in [6.45, 7) is -2.19. The normalized spacial score (nSPS) is 8.77. The van der Waals surface area contributed by atoms with Crippen LogP contribution < -0.4 is 95.9 Å². The number of guanidine groups is 4. The molecule has 40 nitrogen and oxygen atoms in total. The van der Waals surface area contributed by atoms with E-state index >= 15 is 0 Å². The molecule has 0 bridgehead atoms. The number of carboxylic acids is 6. The van der Waals surface area contributed by atoms with Crippen LogP contribution in [0.25, 0.3) is 0 Å². The molecule has 0 rings (SSSR count). The van der Waals surface area contributed by atoms with Gasteiger partial charge < -0.3 is 155 Å². The molecule has 0 saturated heterocycles. The predicted octanol–water partition coefficient (Wildman–Crippen LogP) is -27.3. The fourth-order valence-corrected chi connectivity index (χ4v) is 1.13. The van der Waals surface area contributed by atoms with Gasteiger partial charge in [-0.3, -0.25) is 32.9 Å². The van der Waals surface area contributed by atoms with Gasteiger partial charge in [0.2, 0.25) is 0 Å². The molecule has 44 heteroatoms. The maximum absolute atomic E-state index is 10.4. The summed E-state index contributed by atoms with van der Waals surface area (Å²) in [5, 5.41) is 112. The van der Waals surface area contributed by atoms with Crippen molar-refractivity contribution in [3.8, 4) is 0 Å². The molecular formula is C16H40Cu4N14O26+2. The largest absolute Gasteiger partial charge is 2.00 e. The van der Waals surface area contributed by atoms with E-state index < -0.39 is 83.5 Å². The molecule has 0 saturated carbocycles. The van der Waals surface area contributed by atoms with Gasteiger partial charge in [-0.05, 0) is 12.5 Å². The molecule has 372 valence electrons. The third-order valence-corrected chi connectivity index (χ3v) is 2.62. The molecule has 0 amide bonds. The summed E-state index contributed by atoms with van der Waals surface area (Å²) in [4.78, 5) is 85.5. The van der Waals surface area contributed by atoms with E-state index in [2.05, 4.69) is 20.0 Å². The Balaban J connectivity index is -0.0000000279. The number of nitrogens with two attached hydrogens (primary N) is 6. The first-order valence-corrected chi connectivity index (χ1v) is 11.1. The SMILES string of the molecule is NC(=NCC(=O)[O-])N[C@@H]([O-])C(=O)[O-].NC(=NCC(=O)[O-])N[C@H]([O-])C(=O)[O-].NC(N)=[NH+]CC(=O)[O-].NC(N)=[NH+]CC(=O)[O-].O.O.O.O.O=[N+]([O-])[O-].O=[N+]([O-])[O-].[Cu+2].[Cu+2].[Cu+2].[Cu+2].[OH3+].[OH3+]. The van der Waals surface area contributed by atoms with Gasteiger partial charge in [0.05, 0.1) is 47.1 Å². The third kappa shape index (κ3) is 150. The van der Waals surface area contributed by atoms with Crippen LogP contribution in [-0.4, -0.2) is 130 Å². The summed E-state index contributed by atoms with van der Waals surface area (Å²) in [7, 11) is 0. The maximum atomic E-state index is 10.4. The Kier molecular flexibility index (Phi) is 119. The van der Waals surface area contributed by atoms with Crippen LogP contribution in [0.4, 0.5) is 0 Å². The molecule has 2 atom stereocenters. The molecule has 0 unspecified atom stereocenters. The van der Waals surface area contributed by atoms with Gasteiger partial charge in [0.15, 0.2) is 11.9 Å². The first-order valence-electron chi connectivity index (χ1n) is 11.1. The average molecular weight is 1100 g/mol. The van der Waals surface area contributed by atoms with Crippen LogP contribution in [0.1, 0.15) is 0 Å². The van der Waals surface area contributed by atoms with Gasteiger partial charge in [0, 0.05) is 11.9 Å². The predicted molar refractivity (Wildman–Crippen MR) is 160 cm³/mol. The van der Waals surface area contributed by atoms with Crippen LogP contribution in [0.3, 0.4) is 0 Å². The summed E-state index contributed by atoms with van der Waals surface area (Å²) < 4.78 is 0. The van der Waals surface area contributed by atoms with Crippen LogP contribution in [-0.2, 0) is 108 Å². The summed E-state index contributed by atoms with van der Waals surface area (Å²) in [6.07, 6.45) is -4.55. The number of aliphatic imine (C=N–C) groups is 2.